The summed E-state index contributed by atoms with van der Waals surface area (Å²) in [6.07, 6.45) is -0.355. The van der Waals surface area contributed by atoms with Gasteiger partial charge in [-0.15, -0.1) is 0 Å². The van der Waals surface area contributed by atoms with Crippen molar-refractivity contribution < 1.29 is 19.6 Å². The fraction of sp³-hybridized carbons (Fsp3) is 0.500. The highest BCUT2D eigenvalue weighted by Gasteiger charge is 2.21. The van der Waals surface area contributed by atoms with Gasteiger partial charge in [0.05, 0.1) is 0 Å². The summed E-state index contributed by atoms with van der Waals surface area (Å²) in [5.74, 6) is 0. The molecule has 1 rings (SSSR count). The van der Waals surface area contributed by atoms with Gasteiger partial charge in [0.1, 0.15) is 5.60 Å². The van der Waals surface area contributed by atoms with Crippen LogP contribution in [-0.2, 0) is 11.3 Å². The van der Waals surface area contributed by atoms with Crippen molar-refractivity contribution in [3.63, 3.8) is 0 Å². The third-order valence-electron chi connectivity index (χ3n) is 2.68. The van der Waals surface area contributed by atoms with E-state index in [0.29, 0.717) is 18.6 Å². The topological polar surface area (TPSA) is 70.0 Å². The van der Waals surface area contributed by atoms with Crippen molar-refractivity contribution in [1.29, 1.82) is 0 Å². The summed E-state index contributed by atoms with van der Waals surface area (Å²) >= 11 is 0. The van der Waals surface area contributed by atoms with Crippen LogP contribution < -0.4 is 5.46 Å². The van der Waals surface area contributed by atoms with E-state index in [-0.39, 0.29) is 6.09 Å². The predicted octanol–water partition coefficient (Wildman–Crippen LogP) is 1.12. The van der Waals surface area contributed by atoms with Crippen LogP contribution >= 0.6 is 0 Å². The maximum absolute atomic E-state index is 12.0. The summed E-state index contributed by atoms with van der Waals surface area (Å²) in [4.78, 5) is 13.6. The molecule has 20 heavy (non-hydrogen) atoms. The third-order valence-corrected chi connectivity index (χ3v) is 2.68. The fourth-order valence-electron chi connectivity index (χ4n) is 1.65. The van der Waals surface area contributed by atoms with Crippen LogP contribution in [0.2, 0.25) is 0 Å². The van der Waals surface area contributed by atoms with Crippen molar-refractivity contribution >= 4 is 18.7 Å². The van der Waals surface area contributed by atoms with Gasteiger partial charge in [0.2, 0.25) is 0 Å². The lowest BCUT2D eigenvalue weighted by Gasteiger charge is -2.26. The lowest BCUT2D eigenvalue weighted by molar-refractivity contribution is 0.0244. The van der Waals surface area contributed by atoms with Gasteiger partial charge in [0.25, 0.3) is 0 Å². The molecule has 0 radical (unpaired) electrons. The van der Waals surface area contributed by atoms with Gasteiger partial charge in [-0.05, 0) is 38.7 Å². The summed E-state index contributed by atoms with van der Waals surface area (Å²) in [5, 5.41) is 18.1. The Morgan fingerprint density at radius 3 is 2.20 bits per heavy atom. The smallest absolute Gasteiger partial charge is 0.444 e. The molecule has 0 aromatic heterocycles. The van der Waals surface area contributed by atoms with E-state index in [1.165, 1.54) is 0 Å². The van der Waals surface area contributed by atoms with Crippen LogP contribution in [0.5, 0.6) is 0 Å². The van der Waals surface area contributed by atoms with E-state index in [4.69, 9.17) is 14.8 Å². The number of hydrogen-bond acceptors (Lipinski definition) is 4. The van der Waals surface area contributed by atoms with Crippen LogP contribution in [0.15, 0.2) is 24.3 Å². The van der Waals surface area contributed by atoms with E-state index >= 15 is 0 Å². The zero-order valence-corrected chi connectivity index (χ0v) is 12.5. The Kier molecular flexibility index (Phi) is 5.59. The van der Waals surface area contributed by atoms with Crippen molar-refractivity contribution in [1.82, 2.24) is 4.90 Å². The summed E-state index contributed by atoms with van der Waals surface area (Å²) in [7, 11) is -1.47. The zero-order valence-electron chi connectivity index (χ0n) is 12.5. The highest BCUT2D eigenvalue weighted by Crippen LogP contribution is 2.12. The molecule has 2 N–H and O–H groups in total. The normalized spacial score (nSPS) is 11.1. The minimum Gasteiger partial charge on any atom is -0.444 e. The first-order valence-electron chi connectivity index (χ1n) is 6.66. The van der Waals surface area contributed by atoms with E-state index in [1.807, 2.05) is 27.7 Å². The van der Waals surface area contributed by atoms with E-state index in [1.54, 1.807) is 29.2 Å². The van der Waals surface area contributed by atoms with Crippen molar-refractivity contribution in [2.45, 2.75) is 39.8 Å². The van der Waals surface area contributed by atoms with Crippen LogP contribution in [0.1, 0.15) is 33.3 Å². The first kappa shape index (κ1) is 16.5. The molecule has 0 bridgehead atoms. The van der Waals surface area contributed by atoms with Crippen molar-refractivity contribution in [3.8, 4) is 0 Å². The van der Waals surface area contributed by atoms with Crippen molar-refractivity contribution in [2.75, 3.05) is 6.54 Å². The van der Waals surface area contributed by atoms with Crippen LogP contribution in [0, 0.1) is 0 Å². The number of amides is 1. The Labute approximate surface area is 120 Å². The number of carbonyl (C=O) groups is 1. The van der Waals surface area contributed by atoms with Crippen LogP contribution in [0.3, 0.4) is 0 Å². The minimum absolute atomic E-state index is 0.355. The second kappa shape index (κ2) is 6.77. The van der Waals surface area contributed by atoms with Crippen molar-refractivity contribution in [3.05, 3.63) is 29.8 Å². The van der Waals surface area contributed by atoms with E-state index < -0.39 is 12.7 Å². The minimum atomic E-state index is -1.47. The summed E-state index contributed by atoms with van der Waals surface area (Å²) < 4.78 is 5.33. The average Bonchev–Trinajstić information content (AvgIpc) is 2.34. The molecule has 0 fully saturated rings. The van der Waals surface area contributed by atoms with Crippen LogP contribution in [0.4, 0.5) is 4.79 Å². The SMILES string of the molecule is CCN(Cc1ccc(B(O)O)cc1)C(=O)OC(C)(C)C. The first-order chi connectivity index (χ1) is 9.23. The zero-order chi connectivity index (χ0) is 15.3. The van der Waals surface area contributed by atoms with Crippen molar-refractivity contribution in [2.24, 2.45) is 0 Å². The van der Waals surface area contributed by atoms with Crippen LogP contribution in [-0.4, -0.2) is 40.3 Å². The molecule has 0 atom stereocenters. The standard InChI is InChI=1S/C14H22BNO4/c1-5-16(13(17)20-14(2,3)4)10-11-6-8-12(9-7-11)15(18)19/h6-9,18-19H,5,10H2,1-4H3. The molecule has 0 saturated heterocycles. The molecule has 1 aromatic carbocycles. The lowest BCUT2D eigenvalue weighted by atomic mass is 9.80. The molecular weight excluding hydrogens is 257 g/mol. The van der Waals surface area contributed by atoms with Gasteiger partial charge in [-0.2, -0.15) is 0 Å². The number of ether oxygens (including phenoxy) is 1. The highest BCUT2D eigenvalue weighted by atomic mass is 16.6. The van der Waals surface area contributed by atoms with Gasteiger partial charge in [-0.1, -0.05) is 24.3 Å². The lowest BCUT2D eigenvalue weighted by Crippen LogP contribution is -2.36. The molecule has 5 nitrogen and oxygen atoms in total. The Morgan fingerprint density at radius 1 is 1.25 bits per heavy atom. The first-order valence-corrected chi connectivity index (χ1v) is 6.66. The van der Waals surface area contributed by atoms with E-state index in [2.05, 4.69) is 0 Å². The molecule has 0 saturated carbocycles. The largest absolute Gasteiger partial charge is 0.488 e. The number of benzene rings is 1. The van der Waals surface area contributed by atoms with E-state index in [9.17, 15) is 4.79 Å². The fourth-order valence-corrected chi connectivity index (χ4v) is 1.65. The molecule has 0 aliphatic rings. The molecule has 0 spiro atoms. The Balaban J connectivity index is 2.71. The second-order valence-corrected chi connectivity index (χ2v) is 5.61. The number of hydrogen-bond donors (Lipinski definition) is 2. The summed E-state index contributed by atoms with van der Waals surface area (Å²) in [6.45, 7) is 8.34. The average molecular weight is 279 g/mol. The molecule has 0 aliphatic carbocycles. The van der Waals surface area contributed by atoms with Gasteiger partial charge in [-0.25, -0.2) is 4.79 Å². The number of carbonyl (C=O) groups excluding carboxylic acids is 1. The summed E-state index contributed by atoms with van der Waals surface area (Å²) in [6, 6.07) is 6.79. The monoisotopic (exact) mass is 279 g/mol. The Morgan fingerprint density at radius 2 is 1.80 bits per heavy atom. The predicted molar refractivity (Wildman–Crippen MR) is 78.6 cm³/mol. The molecule has 110 valence electrons. The third kappa shape index (κ3) is 5.23. The summed E-state index contributed by atoms with van der Waals surface area (Å²) in [5.41, 5.74) is 0.811. The molecular formula is C14H22BNO4. The number of nitrogens with zero attached hydrogens (tertiary/aromatic N) is 1. The Bertz CT molecular complexity index is 439. The molecule has 0 aliphatic heterocycles. The van der Waals surface area contributed by atoms with Crippen LogP contribution in [0.25, 0.3) is 0 Å². The van der Waals surface area contributed by atoms with Gasteiger partial charge in [0, 0.05) is 13.1 Å². The van der Waals surface area contributed by atoms with Gasteiger partial charge >= 0.3 is 13.2 Å². The second-order valence-electron chi connectivity index (χ2n) is 5.61. The van der Waals surface area contributed by atoms with Gasteiger partial charge in [-0.3, -0.25) is 0 Å². The maximum Gasteiger partial charge on any atom is 0.488 e. The Hall–Kier alpha value is -1.53. The maximum atomic E-state index is 12.0. The molecule has 6 heteroatoms. The highest BCUT2D eigenvalue weighted by molar-refractivity contribution is 6.58. The number of rotatable bonds is 4. The molecule has 0 heterocycles. The molecule has 1 amide bonds. The van der Waals surface area contributed by atoms with Gasteiger partial charge < -0.3 is 19.7 Å². The van der Waals surface area contributed by atoms with E-state index in [0.717, 1.165) is 5.56 Å². The van der Waals surface area contributed by atoms with Gasteiger partial charge in [0.15, 0.2) is 0 Å². The quantitative estimate of drug-likeness (QED) is 0.810. The molecule has 0 unspecified atom stereocenters. The molecule has 1 aromatic rings.